The Balaban J connectivity index is 1.19. The molecule has 2 aromatic rings. The lowest BCUT2D eigenvalue weighted by Gasteiger charge is -2.65. The molecule has 1 aromatic carbocycles. The summed E-state index contributed by atoms with van der Waals surface area (Å²) in [4.78, 5) is 33.9. The van der Waals surface area contributed by atoms with E-state index in [2.05, 4.69) is 22.2 Å². The zero-order chi connectivity index (χ0) is 21.6. The average molecular weight is 440 g/mol. The van der Waals surface area contributed by atoms with E-state index in [1.165, 1.54) is 19.3 Å². The molecule has 7 nitrogen and oxygen atoms in total. The molecule has 8 heteroatoms. The molecule has 0 atom stereocenters. The summed E-state index contributed by atoms with van der Waals surface area (Å²) in [6.07, 6.45) is 9.13. The number of amides is 2. The lowest BCUT2D eigenvalue weighted by atomic mass is 9.49. The van der Waals surface area contributed by atoms with Crippen molar-refractivity contribution in [3.63, 3.8) is 0 Å². The number of para-hydroxylation sites is 1. The number of anilines is 1. The zero-order valence-electron chi connectivity index (χ0n) is 17.6. The van der Waals surface area contributed by atoms with Crippen LogP contribution < -0.4 is 5.32 Å². The third-order valence-corrected chi connectivity index (χ3v) is 7.32. The summed E-state index contributed by atoms with van der Waals surface area (Å²) < 4.78 is 1.87. The van der Waals surface area contributed by atoms with Gasteiger partial charge in [0.2, 0.25) is 5.91 Å². The highest BCUT2D eigenvalue weighted by Gasteiger charge is 2.58. The maximum absolute atomic E-state index is 12.7. The van der Waals surface area contributed by atoms with Crippen molar-refractivity contribution in [1.82, 2.24) is 19.4 Å². The van der Waals surface area contributed by atoms with E-state index in [1.807, 2.05) is 22.8 Å². The van der Waals surface area contributed by atoms with Gasteiger partial charge in [0.15, 0.2) is 0 Å². The number of nitrogens with zero attached hydrogens (tertiary/aromatic N) is 4. The van der Waals surface area contributed by atoms with Crippen molar-refractivity contribution in [1.29, 1.82) is 0 Å². The summed E-state index contributed by atoms with van der Waals surface area (Å²) in [5.41, 5.74) is 1.44. The number of nitrogens with one attached hydrogen (secondary N) is 1. The highest BCUT2D eigenvalue weighted by Crippen LogP contribution is 2.60. The Bertz CT molecular complexity index is 1040. The second kappa shape index (κ2) is 7.80. The summed E-state index contributed by atoms with van der Waals surface area (Å²) in [5, 5.41) is 3.32. The van der Waals surface area contributed by atoms with E-state index in [0.29, 0.717) is 47.4 Å². The largest absolute Gasteiger partial charge is 0.330 e. The molecule has 0 unspecified atom stereocenters. The number of benzene rings is 1. The fourth-order valence-electron chi connectivity index (χ4n) is 4.89. The molecule has 162 valence electrons. The third-order valence-electron chi connectivity index (χ3n) is 6.99. The van der Waals surface area contributed by atoms with E-state index >= 15 is 0 Å². The van der Waals surface area contributed by atoms with Gasteiger partial charge in [0, 0.05) is 31.2 Å². The summed E-state index contributed by atoms with van der Waals surface area (Å²) in [7, 11) is 2.15. The number of aromatic nitrogens is 2. The van der Waals surface area contributed by atoms with Crippen LogP contribution in [0.5, 0.6) is 0 Å². The van der Waals surface area contributed by atoms with Crippen LogP contribution in [0.2, 0.25) is 5.02 Å². The van der Waals surface area contributed by atoms with E-state index in [1.54, 1.807) is 29.3 Å². The fourth-order valence-corrected chi connectivity index (χ4v) is 5.07. The van der Waals surface area contributed by atoms with Crippen LogP contribution in [0.25, 0.3) is 0 Å². The average Bonchev–Trinajstić information content (AvgIpc) is 3.10. The zero-order valence-corrected chi connectivity index (χ0v) is 18.3. The van der Waals surface area contributed by atoms with Gasteiger partial charge in [-0.2, -0.15) is 0 Å². The molecule has 3 fully saturated rings. The molecule has 0 radical (unpaired) electrons. The molecule has 6 rings (SSSR count). The minimum absolute atomic E-state index is 0.0117. The lowest BCUT2D eigenvalue weighted by Crippen LogP contribution is -2.67. The Morgan fingerprint density at radius 2 is 2.06 bits per heavy atom. The molecule has 2 amide bonds. The number of hydrogen-bond donors (Lipinski definition) is 1. The van der Waals surface area contributed by atoms with Crippen molar-refractivity contribution < 1.29 is 9.59 Å². The van der Waals surface area contributed by atoms with Gasteiger partial charge >= 0.3 is 0 Å². The maximum atomic E-state index is 12.7. The SMILES string of the molecule is CN(C/C=C/C(=O)N1CCn2c(C(=O)Nc3ccccc3Cl)cnc2C1)C12CC(C1)C2. The van der Waals surface area contributed by atoms with Crippen LogP contribution in [0.3, 0.4) is 0 Å². The van der Waals surface area contributed by atoms with Crippen molar-refractivity contribution >= 4 is 29.1 Å². The fraction of sp³-hybridized carbons (Fsp3) is 0.435. The first-order valence-electron chi connectivity index (χ1n) is 10.7. The highest BCUT2D eigenvalue weighted by molar-refractivity contribution is 6.33. The van der Waals surface area contributed by atoms with Crippen LogP contribution in [-0.4, -0.2) is 56.8 Å². The van der Waals surface area contributed by atoms with E-state index in [0.717, 1.165) is 12.5 Å². The molecule has 1 N–H and O–H groups in total. The Morgan fingerprint density at radius 1 is 1.29 bits per heavy atom. The van der Waals surface area contributed by atoms with Crippen molar-refractivity contribution in [2.24, 2.45) is 5.92 Å². The molecule has 1 aliphatic heterocycles. The van der Waals surface area contributed by atoms with Crippen LogP contribution >= 0.6 is 11.6 Å². The van der Waals surface area contributed by atoms with Gasteiger partial charge in [0.25, 0.3) is 5.91 Å². The summed E-state index contributed by atoms with van der Waals surface area (Å²) >= 11 is 6.14. The molecule has 1 aromatic heterocycles. The van der Waals surface area contributed by atoms with Crippen LogP contribution in [0.15, 0.2) is 42.6 Å². The molecule has 3 aliphatic carbocycles. The highest BCUT2D eigenvalue weighted by atomic mass is 35.5. The standard InChI is InChI=1S/C23H26ClN5O2/c1-27(23-11-16(12-23)13-23)8-4-7-21(30)28-9-10-29-19(14-25-20(29)15-28)22(31)26-18-6-3-2-5-17(18)24/h2-7,14,16H,8-13,15H2,1H3,(H,26,31)/b7-4+. The van der Waals surface area contributed by atoms with E-state index in [-0.39, 0.29) is 11.8 Å². The number of carbonyl (C=O) groups is 2. The molecule has 4 aliphatic rings. The predicted octanol–water partition coefficient (Wildman–Crippen LogP) is 3.17. The Morgan fingerprint density at radius 3 is 2.77 bits per heavy atom. The summed E-state index contributed by atoms with van der Waals surface area (Å²) in [6, 6.07) is 7.11. The van der Waals surface area contributed by atoms with Crippen molar-refractivity contribution in [2.45, 2.75) is 37.9 Å². The Kier molecular flexibility index (Phi) is 5.10. The van der Waals surface area contributed by atoms with Crippen LogP contribution in [-0.2, 0) is 17.9 Å². The first-order valence-corrected chi connectivity index (χ1v) is 11.1. The Hall–Kier alpha value is -2.64. The first kappa shape index (κ1) is 20.3. The quantitative estimate of drug-likeness (QED) is 0.702. The van der Waals surface area contributed by atoms with Gasteiger partial charge in [-0.3, -0.25) is 14.5 Å². The lowest BCUT2D eigenvalue weighted by molar-refractivity contribution is -0.129. The van der Waals surface area contributed by atoms with Crippen molar-refractivity contribution in [3.05, 3.63) is 59.2 Å². The van der Waals surface area contributed by atoms with Gasteiger partial charge in [-0.1, -0.05) is 29.8 Å². The molecule has 0 saturated heterocycles. The van der Waals surface area contributed by atoms with Gasteiger partial charge in [-0.25, -0.2) is 4.98 Å². The molecular weight excluding hydrogens is 414 g/mol. The number of halogens is 1. The number of carbonyl (C=O) groups excluding carboxylic acids is 2. The van der Waals surface area contributed by atoms with Crippen LogP contribution in [0.1, 0.15) is 35.6 Å². The van der Waals surface area contributed by atoms with E-state index in [9.17, 15) is 9.59 Å². The Labute approximate surface area is 186 Å². The van der Waals surface area contributed by atoms with Crippen molar-refractivity contribution in [3.8, 4) is 0 Å². The monoisotopic (exact) mass is 439 g/mol. The first-order chi connectivity index (χ1) is 14.9. The minimum Gasteiger partial charge on any atom is -0.330 e. The van der Waals surface area contributed by atoms with Gasteiger partial charge in [0.1, 0.15) is 11.5 Å². The second-order valence-electron chi connectivity index (χ2n) is 8.89. The van der Waals surface area contributed by atoms with Gasteiger partial charge in [-0.05, 0) is 44.4 Å². The van der Waals surface area contributed by atoms with Gasteiger partial charge in [-0.15, -0.1) is 0 Å². The van der Waals surface area contributed by atoms with E-state index < -0.39 is 0 Å². The molecule has 3 saturated carbocycles. The number of rotatable bonds is 6. The van der Waals surface area contributed by atoms with Crippen LogP contribution in [0, 0.1) is 5.92 Å². The molecular formula is C23H26ClN5O2. The normalized spacial score (nSPS) is 24.0. The predicted molar refractivity (Wildman–Crippen MR) is 119 cm³/mol. The topological polar surface area (TPSA) is 70.5 Å². The number of imidazole rings is 1. The number of hydrogen-bond acceptors (Lipinski definition) is 4. The van der Waals surface area contributed by atoms with Crippen LogP contribution in [0.4, 0.5) is 5.69 Å². The summed E-state index contributed by atoms with van der Waals surface area (Å²) in [5.74, 6) is 1.38. The second-order valence-corrected chi connectivity index (χ2v) is 9.30. The molecule has 2 heterocycles. The smallest absolute Gasteiger partial charge is 0.273 e. The van der Waals surface area contributed by atoms with Crippen molar-refractivity contribution in [2.75, 3.05) is 25.5 Å². The molecule has 2 bridgehead atoms. The molecule has 31 heavy (non-hydrogen) atoms. The number of likely N-dealkylation sites (N-methyl/N-ethyl adjacent to an activating group) is 1. The van der Waals surface area contributed by atoms with Gasteiger partial charge < -0.3 is 14.8 Å². The number of fused-ring (bicyclic) bond motifs is 1. The molecule has 0 spiro atoms. The maximum Gasteiger partial charge on any atom is 0.273 e. The van der Waals surface area contributed by atoms with E-state index in [4.69, 9.17) is 11.6 Å². The third kappa shape index (κ3) is 3.66. The van der Waals surface area contributed by atoms with Gasteiger partial charge in [0.05, 0.1) is 23.5 Å². The summed E-state index contributed by atoms with van der Waals surface area (Å²) in [6.45, 7) is 2.27. The minimum atomic E-state index is -0.261.